The lowest BCUT2D eigenvalue weighted by Gasteiger charge is -2.01. The van der Waals surface area contributed by atoms with Crippen molar-refractivity contribution in [3.05, 3.63) is 46.2 Å². The van der Waals surface area contributed by atoms with Crippen molar-refractivity contribution in [3.63, 3.8) is 0 Å². The third-order valence-corrected chi connectivity index (χ3v) is 3.81. The van der Waals surface area contributed by atoms with Crippen molar-refractivity contribution in [1.82, 2.24) is 20.3 Å². The maximum Gasteiger partial charge on any atom is 0.0964 e. The topological polar surface area (TPSA) is 42.7 Å². The van der Waals surface area contributed by atoms with Crippen LogP contribution in [0.1, 0.15) is 24.1 Å². The maximum atomic E-state index is 4.19. The average Bonchev–Trinajstić information content (AvgIpc) is 3.12. The Morgan fingerprint density at radius 3 is 2.79 bits per heavy atom. The molecule has 1 aliphatic carbocycles. The molecule has 1 fully saturated rings. The van der Waals surface area contributed by atoms with Gasteiger partial charge in [0.25, 0.3) is 0 Å². The van der Waals surface area contributed by atoms with Crippen LogP contribution >= 0.6 is 15.9 Å². The van der Waals surface area contributed by atoms with Crippen LogP contribution < -0.4 is 5.32 Å². The largest absolute Gasteiger partial charge is 0.311 e. The van der Waals surface area contributed by atoms with E-state index in [0.29, 0.717) is 0 Å². The number of halogens is 1. The molecule has 4 nitrogen and oxygen atoms in total. The molecule has 1 saturated carbocycles. The normalized spacial score (nSPS) is 14.8. The smallest absolute Gasteiger partial charge is 0.0964 e. The van der Waals surface area contributed by atoms with Crippen molar-refractivity contribution >= 4 is 15.9 Å². The molecule has 1 aromatic carbocycles. The van der Waals surface area contributed by atoms with Crippen LogP contribution in [-0.2, 0) is 13.1 Å². The minimum absolute atomic E-state index is 0.767. The van der Waals surface area contributed by atoms with Gasteiger partial charge in [-0.25, -0.2) is 4.68 Å². The fourth-order valence-electron chi connectivity index (χ4n) is 2.00. The van der Waals surface area contributed by atoms with Gasteiger partial charge in [0.2, 0.25) is 0 Å². The SMILES string of the molecule is Brc1ccc(Cn2cc(CNCC3CC3)nn2)cc1. The van der Waals surface area contributed by atoms with Crippen LogP contribution in [0.2, 0.25) is 0 Å². The van der Waals surface area contributed by atoms with Crippen molar-refractivity contribution in [1.29, 1.82) is 0 Å². The summed E-state index contributed by atoms with van der Waals surface area (Å²) in [6.07, 6.45) is 4.77. The van der Waals surface area contributed by atoms with E-state index in [9.17, 15) is 0 Å². The van der Waals surface area contributed by atoms with Crippen LogP contribution in [0.5, 0.6) is 0 Å². The first-order valence-corrected chi connectivity index (χ1v) is 7.43. The van der Waals surface area contributed by atoms with E-state index in [2.05, 4.69) is 43.7 Å². The van der Waals surface area contributed by atoms with E-state index in [1.165, 1.54) is 18.4 Å². The molecule has 0 saturated heterocycles. The summed E-state index contributed by atoms with van der Waals surface area (Å²) < 4.78 is 2.98. The number of nitrogens with zero attached hydrogens (tertiary/aromatic N) is 3. The van der Waals surface area contributed by atoms with Crippen LogP contribution in [0.3, 0.4) is 0 Å². The molecule has 1 aromatic heterocycles. The van der Waals surface area contributed by atoms with Crippen molar-refractivity contribution in [2.45, 2.75) is 25.9 Å². The predicted octanol–water partition coefficient (Wildman–Crippen LogP) is 2.59. The van der Waals surface area contributed by atoms with Crippen LogP contribution in [0, 0.1) is 5.92 Å². The maximum absolute atomic E-state index is 4.19. The lowest BCUT2D eigenvalue weighted by Crippen LogP contribution is -2.16. The highest BCUT2D eigenvalue weighted by molar-refractivity contribution is 9.10. The lowest BCUT2D eigenvalue weighted by atomic mass is 10.2. The van der Waals surface area contributed by atoms with E-state index in [-0.39, 0.29) is 0 Å². The van der Waals surface area contributed by atoms with Gasteiger partial charge in [-0.1, -0.05) is 33.3 Å². The molecule has 0 aliphatic heterocycles. The zero-order valence-corrected chi connectivity index (χ0v) is 12.3. The zero-order valence-electron chi connectivity index (χ0n) is 10.7. The molecule has 0 spiro atoms. The number of nitrogens with one attached hydrogen (secondary N) is 1. The quantitative estimate of drug-likeness (QED) is 0.889. The molecule has 0 bridgehead atoms. The second kappa shape index (κ2) is 5.84. The molecular formula is C14H17BrN4. The Morgan fingerprint density at radius 2 is 2.05 bits per heavy atom. The minimum Gasteiger partial charge on any atom is -0.311 e. The summed E-state index contributed by atoms with van der Waals surface area (Å²) in [6, 6.07) is 8.28. The van der Waals surface area contributed by atoms with Gasteiger partial charge in [0.15, 0.2) is 0 Å². The first-order chi connectivity index (χ1) is 9.29. The molecule has 0 amide bonds. The highest BCUT2D eigenvalue weighted by Gasteiger charge is 2.20. The summed E-state index contributed by atoms with van der Waals surface area (Å²) in [5.41, 5.74) is 2.24. The predicted molar refractivity (Wildman–Crippen MR) is 77.7 cm³/mol. The number of hydrogen-bond donors (Lipinski definition) is 1. The average molecular weight is 321 g/mol. The van der Waals surface area contributed by atoms with E-state index in [1.54, 1.807) is 0 Å². The van der Waals surface area contributed by atoms with Crippen molar-refractivity contribution in [3.8, 4) is 0 Å². The molecule has 19 heavy (non-hydrogen) atoms. The van der Waals surface area contributed by atoms with Gasteiger partial charge in [-0.3, -0.25) is 0 Å². The first-order valence-electron chi connectivity index (χ1n) is 6.64. The van der Waals surface area contributed by atoms with Gasteiger partial charge >= 0.3 is 0 Å². The van der Waals surface area contributed by atoms with Crippen LogP contribution in [0.15, 0.2) is 34.9 Å². The monoisotopic (exact) mass is 320 g/mol. The molecule has 3 rings (SSSR count). The summed E-state index contributed by atoms with van der Waals surface area (Å²) in [5, 5.41) is 11.8. The molecule has 0 atom stereocenters. The standard InChI is InChI=1S/C14H17BrN4/c15-13-5-3-12(4-6-13)9-19-10-14(17-18-19)8-16-7-11-1-2-11/h3-6,10-11,16H,1-2,7-9H2. The van der Waals surface area contributed by atoms with Crippen LogP contribution in [0.25, 0.3) is 0 Å². The Morgan fingerprint density at radius 1 is 1.26 bits per heavy atom. The van der Waals surface area contributed by atoms with E-state index in [1.807, 2.05) is 23.0 Å². The van der Waals surface area contributed by atoms with Crippen molar-refractivity contribution in [2.75, 3.05) is 6.54 Å². The van der Waals surface area contributed by atoms with Gasteiger partial charge in [-0.05, 0) is 43.0 Å². The number of benzene rings is 1. The summed E-state index contributed by atoms with van der Waals surface area (Å²) in [6.45, 7) is 2.69. The van der Waals surface area contributed by atoms with E-state index >= 15 is 0 Å². The van der Waals surface area contributed by atoms with Crippen molar-refractivity contribution < 1.29 is 0 Å². The third-order valence-electron chi connectivity index (χ3n) is 3.28. The first kappa shape index (κ1) is 12.8. The second-order valence-corrected chi connectivity index (χ2v) is 6.02. The van der Waals surface area contributed by atoms with Gasteiger partial charge in [-0.15, -0.1) is 5.10 Å². The molecule has 1 aliphatic rings. The zero-order chi connectivity index (χ0) is 13.1. The second-order valence-electron chi connectivity index (χ2n) is 5.11. The third kappa shape index (κ3) is 3.88. The fraction of sp³-hybridized carbons (Fsp3) is 0.429. The van der Waals surface area contributed by atoms with Crippen LogP contribution in [-0.4, -0.2) is 21.5 Å². The molecule has 1 heterocycles. The van der Waals surface area contributed by atoms with Crippen LogP contribution in [0.4, 0.5) is 0 Å². The number of hydrogen-bond acceptors (Lipinski definition) is 3. The molecule has 0 radical (unpaired) electrons. The van der Waals surface area contributed by atoms with E-state index in [0.717, 1.165) is 35.7 Å². The molecule has 2 aromatic rings. The highest BCUT2D eigenvalue weighted by atomic mass is 79.9. The van der Waals surface area contributed by atoms with E-state index < -0.39 is 0 Å². The summed E-state index contributed by atoms with van der Waals surface area (Å²) in [5.74, 6) is 0.901. The van der Waals surface area contributed by atoms with Gasteiger partial charge < -0.3 is 5.32 Å². The number of aromatic nitrogens is 3. The molecule has 5 heteroatoms. The summed E-state index contributed by atoms with van der Waals surface area (Å²) >= 11 is 3.44. The van der Waals surface area contributed by atoms with E-state index in [4.69, 9.17) is 0 Å². The molecule has 1 N–H and O–H groups in total. The fourth-order valence-corrected chi connectivity index (χ4v) is 2.26. The lowest BCUT2D eigenvalue weighted by molar-refractivity contribution is 0.627. The van der Waals surface area contributed by atoms with Gasteiger partial charge in [0.1, 0.15) is 0 Å². The summed E-state index contributed by atoms with van der Waals surface area (Å²) in [7, 11) is 0. The Labute approximate surface area is 121 Å². The minimum atomic E-state index is 0.767. The van der Waals surface area contributed by atoms with Gasteiger partial charge in [-0.2, -0.15) is 0 Å². The Bertz CT molecular complexity index is 531. The molecule has 100 valence electrons. The van der Waals surface area contributed by atoms with Crippen molar-refractivity contribution in [2.24, 2.45) is 5.92 Å². The van der Waals surface area contributed by atoms with Gasteiger partial charge in [0, 0.05) is 11.0 Å². The Balaban J connectivity index is 1.53. The Kier molecular flexibility index (Phi) is 3.94. The summed E-state index contributed by atoms with van der Waals surface area (Å²) in [4.78, 5) is 0. The molecule has 0 unspecified atom stereocenters. The van der Waals surface area contributed by atoms with Gasteiger partial charge in [0.05, 0.1) is 18.4 Å². The Hall–Kier alpha value is -1.20. The number of rotatable bonds is 6. The molecular weight excluding hydrogens is 304 g/mol. The highest BCUT2D eigenvalue weighted by Crippen LogP contribution is 2.27.